The summed E-state index contributed by atoms with van der Waals surface area (Å²) in [4.78, 5) is 15.1. The van der Waals surface area contributed by atoms with Gasteiger partial charge in [0, 0.05) is 33.2 Å². The quantitative estimate of drug-likeness (QED) is 0.186. The van der Waals surface area contributed by atoms with Crippen molar-refractivity contribution in [2.45, 2.75) is 0 Å². The van der Waals surface area contributed by atoms with Crippen molar-refractivity contribution in [3.8, 4) is 51.0 Å². The second-order valence-corrected chi connectivity index (χ2v) is 12.9. The van der Waals surface area contributed by atoms with E-state index in [1.54, 1.807) is 0 Å². The van der Waals surface area contributed by atoms with Gasteiger partial charge in [-0.2, -0.15) is 0 Å². The molecule has 2 aromatic heterocycles. The molecule has 0 unspecified atom stereocenters. The van der Waals surface area contributed by atoms with Crippen molar-refractivity contribution in [2.24, 2.45) is 0 Å². The van der Waals surface area contributed by atoms with Crippen LogP contribution in [0.5, 0.6) is 0 Å². The van der Waals surface area contributed by atoms with Gasteiger partial charge in [-0.15, -0.1) is 0 Å². The Labute approximate surface area is 295 Å². The van der Waals surface area contributed by atoms with E-state index in [0.29, 0.717) is 17.5 Å². The average Bonchev–Trinajstić information content (AvgIpc) is 3.57. The van der Waals surface area contributed by atoms with Gasteiger partial charge in [-0.1, -0.05) is 158 Å². The van der Waals surface area contributed by atoms with E-state index in [0.717, 1.165) is 39.0 Å². The van der Waals surface area contributed by atoms with Gasteiger partial charge in [0.15, 0.2) is 17.5 Å². The maximum Gasteiger partial charge on any atom is 0.164 e. The van der Waals surface area contributed by atoms with Crippen LogP contribution in [0, 0.1) is 0 Å². The number of aromatic nitrogens is 4. The monoisotopic (exact) mass is 650 g/mol. The molecule has 51 heavy (non-hydrogen) atoms. The minimum absolute atomic E-state index is 0.629. The van der Waals surface area contributed by atoms with Crippen LogP contribution < -0.4 is 0 Å². The highest BCUT2D eigenvalue weighted by atomic mass is 15.0. The van der Waals surface area contributed by atoms with Crippen LogP contribution in [0.1, 0.15) is 0 Å². The molecule has 10 aromatic rings. The molecule has 0 N–H and O–H groups in total. The molecule has 4 nitrogen and oxygen atoms in total. The summed E-state index contributed by atoms with van der Waals surface area (Å²) < 4.78 is 2.38. The molecule has 4 heteroatoms. The van der Waals surface area contributed by atoms with Crippen LogP contribution in [0.4, 0.5) is 0 Å². The molecular weight excluding hydrogens is 621 g/mol. The average molecular weight is 651 g/mol. The van der Waals surface area contributed by atoms with Crippen molar-refractivity contribution in [3.05, 3.63) is 182 Å². The minimum atomic E-state index is 0.629. The first-order chi connectivity index (χ1) is 25.3. The molecule has 0 aliphatic rings. The molecule has 0 aliphatic heterocycles. The van der Waals surface area contributed by atoms with Crippen LogP contribution >= 0.6 is 0 Å². The smallest absolute Gasteiger partial charge is 0.164 e. The number of hydrogen-bond donors (Lipinski definition) is 0. The standard InChI is InChI=1S/C47H30N4/c1-3-12-31(13-4-1)32-22-24-36(25-23-32)46-48-45(35-16-5-2-6-17-35)49-47(50-46)37-18-11-19-38(30-37)51-41-28-26-33-14-7-9-20-39(33)43(41)44-40-21-10-8-15-34(40)27-29-42(44)51/h1-30H. The fourth-order valence-electron chi connectivity index (χ4n) is 7.40. The lowest BCUT2D eigenvalue weighted by Crippen LogP contribution is -2.01. The van der Waals surface area contributed by atoms with Crippen LogP contribution in [0.2, 0.25) is 0 Å². The highest BCUT2D eigenvalue weighted by molar-refractivity contribution is 6.28. The van der Waals surface area contributed by atoms with Crippen LogP contribution in [-0.2, 0) is 0 Å². The molecule has 0 amide bonds. The highest BCUT2D eigenvalue weighted by Gasteiger charge is 2.18. The Bertz CT molecular complexity index is 2800. The summed E-state index contributed by atoms with van der Waals surface area (Å²) in [5, 5.41) is 7.48. The van der Waals surface area contributed by atoms with Crippen LogP contribution in [0.25, 0.3) is 94.3 Å². The minimum Gasteiger partial charge on any atom is -0.309 e. The molecule has 10 rings (SSSR count). The zero-order valence-electron chi connectivity index (χ0n) is 27.6. The third-order valence-electron chi connectivity index (χ3n) is 9.83. The van der Waals surface area contributed by atoms with E-state index >= 15 is 0 Å². The number of rotatable bonds is 5. The number of nitrogens with zero attached hydrogens (tertiary/aromatic N) is 4. The fourth-order valence-corrected chi connectivity index (χ4v) is 7.40. The van der Waals surface area contributed by atoms with Crippen molar-refractivity contribution in [1.29, 1.82) is 0 Å². The summed E-state index contributed by atoms with van der Waals surface area (Å²) in [6.07, 6.45) is 0. The summed E-state index contributed by atoms with van der Waals surface area (Å²) >= 11 is 0. The molecule has 0 spiro atoms. The second-order valence-electron chi connectivity index (χ2n) is 12.9. The van der Waals surface area contributed by atoms with Gasteiger partial charge in [-0.25, -0.2) is 15.0 Å². The van der Waals surface area contributed by atoms with Crippen molar-refractivity contribution in [3.63, 3.8) is 0 Å². The van der Waals surface area contributed by atoms with Gasteiger partial charge >= 0.3 is 0 Å². The van der Waals surface area contributed by atoms with Gasteiger partial charge in [-0.05, 0) is 56.9 Å². The zero-order valence-corrected chi connectivity index (χ0v) is 27.6. The SMILES string of the molecule is c1ccc(-c2ccc(-c3nc(-c4ccccc4)nc(-c4cccc(-n5c6ccc7ccccc7c6c6c7ccccc7ccc65)c4)n3)cc2)cc1. The lowest BCUT2D eigenvalue weighted by atomic mass is 10.00. The Morgan fingerprint density at radius 1 is 0.314 bits per heavy atom. The Morgan fingerprint density at radius 3 is 1.33 bits per heavy atom. The maximum atomic E-state index is 5.10. The Hall–Kier alpha value is -6.91. The first-order valence-corrected chi connectivity index (χ1v) is 17.2. The topological polar surface area (TPSA) is 43.6 Å². The molecule has 0 saturated heterocycles. The number of benzene rings is 8. The molecule has 2 heterocycles. The molecule has 238 valence electrons. The molecule has 0 radical (unpaired) electrons. The predicted molar refractivity (Wildman–Crippen MR) is 211 cm³/mol. The lowest BCUT2D eigenvalue weighted by Gasteiger charge is -2.12. The van der Waals surface area contributed by atoms with Crippen LogP contribution in [-0.4, -0.2) is 19.5 Å². The number of hydrogen-bond acceptors (Lipinski definition) is 3. The molecule has 0 saturated carbocycles. The van der Waals surface area contributed by atoms with Gasteiger partial charge in [0.25, 0.3) is 0 Å². The van der Waals surface area contributed by atoms with Gasteiger partial charge < -0.3 is 4.57 Å². The summed E-state index contributed by atoms with van der Waals surface area (Å²) in [7, 11) is 0. The van der Waals surface area contributed by atoms with Gasteiger partial charge in [0.2, 0.25) is 0 Å². The highest BCUT2D eigenvalue weighted by Crippen LogP contribution is 2.41. The van der Waals surface area contributed by atoms with E-state index in [-0.39, 0.29) is 0 Å². The first kappa shape index (κ1) is 29.0. The van der Waals surface area contributed by atoms with Crippen molar-refractivity contribution < 1.29 is 0 Å². The largest absolute Gasteiger partial charge is 0.309 e. The summed E-state index contributed by atoms with van der Waals surface area (Å²) in [5.74, 6) is 1.91. The maximum absolute atomic E-state index is 5.10. The summed E-state index contributed by atoms with van der Waals surface area (Å²) in [6.45, 7) is 0. The molecule has 0 bridgehead atoms. The summed E-state index contributed by atoms with van der Waals surface area (Å²) in [5.41, 5.74) is 8.51. The normalized spacial score (nSPS) is 11.5. The van der Waals surface area contributed by atoms with E-state index in [9.17, 15) is 0 Å². The van der Waals surface area contributed by atoms with Crippen LogP contribution in [0.3, 0.4) is 0 Å². The molecular formula is C47H30N4. The molecule has 0 atom stereocenters. The zero-order chi connectivity index (χ0) is 33.7. The first-order valence-electron chi connectivity index (χ1n) is 17.2. The van der Waals surface area contributed by atoms with Crippen molar-refractivity contribution in [2.75, 3.05) is 0 Å². The van der Waals surface area contributed by atoms with E-state index < -0.39 is 0 Å². The van der Waals surface area contributed by atoms with Gasteiger partial charge in [0.05, 0.1) is 11.0 Å². The van der Waals surface area contributed by atoms with Gasteiger partial charge in [0.1, 0.15) is 0 Å². The van der Waals surface area contributed by atoms with Crippen molar-refractivity contribution in [1.82, 2.24) is 19.5 Å². The molecule has 8 aromatic carbocycles. The van der Waals surface area contributed by atoms with Gasteiger partial charge in [-0.3, -0.25) is 0 Å². The van der Waals surface area contributed by atoms with Crippen LogP contribution in [0.15, 0.2) is 182 Å². The third-order valence-corrected chi connectivity index (χ3v) is 9.83. The van der Waals surface area contributed by atoms with E-state index in [1.165, 1.54) is 37.9 Å². The molecule has 0 fully saturated rings. The lowest BCUT2D eigenvalue weighted by molar-refractivity contribution is 1.07. The second kappa shape index (κ2) is 11.9. The summed E-state index contributed by atoms with van der Waals surface area (Å²) in [6, 6.07) is 63.9. The Balaban J connectivity index is 1.17. The Kier molecular flexibility index (Phi) is 6.78. The number of fused-ring (bicyclic) bond motifs is 7. The van der Waals surface area contributed by atoms with E-state index in [2.05, 4.69) is 150 Å². The Morgan fingerprint density at radius 2 is 0.745 bits per heavy atom. The molecule has 0 aliphatic carbocycles. The third kappa shape index (κ3) is 4.96. The van der Waals surface area contributed by atoms with E-state index in [4.69, 9.17) is 15.0 Å². The predicted octanol–water partition coefficient (Wildman–Crippen LogP) is 11.9. The van der Waals surface area contributed by atoms with Crippen molar-refractivity contribution >= 4 is 43.4 Å². The fraction of sp³-hybridized carbons (Fsp3) is 0. The van der Waals surface area contributed by atoms with E-state index in [1.807, 2.05) is 36.4 Å².